The van der Waals surface area contributed by atoms with Gasteiger partial charge in [-0.05, 0) is 24.6 Å². The molecule has 16 heavy (non-hydrogen) atoms. The van der Waals surface area contributed by atoms with E-state index in [1.807, 2.05) is 0 Å². The largest absolute Gasteiger partial charge is 0.370 e. The van der Waals surface area contributed by atoms with Crippen LogP contribution in [0.3, 0.4) is 0 Å². The van der Waals surface area contributed by atoms with Crippen LogP contribution in [0.2, 0.25) is 0 Å². The lowest BCUT2D eigenvalue weighted by atomic mass is 9.98. The predicted octanol–water partition coefficient (Wildman–Crippen LogP) is 1.85. The highest BCUT2D eigenvalue weighted by Gasteiger charge is 2.26. The fraction of sp³-hybridized carbons (Fsp3) is 0.462. The number of hydrogen-bond donors (Lipinski definition) is 1. The molecule has 0 bridgehead atoms. The Morgan fingerprint density at radius 2 is 2.25 bits per heavy atom. The Kier molecular flexibility index (Phi) is 3.43. The highest BCUT2D eigenvalue weighted by atomic mass is 15.2. The quantitative estimate of drug-likeness (QED) is 0.834. The number of rotatable bonds is 4. The van der Waals surface area contributed by atoms with Crippen LogP contribution in [0, 0.1) is 11.3 Å². The number of nitrogens with two attached hydrogens (primary N) is 1. The molecule has 1 aromatic rings. The van der Waals surface area contributed by atoms with Crippen LogP contribution < -0.4 is 10.6 Å². The van der Waals surface area contributed by atoms with Crippen LogP contribution in [-0.2, 0) is 0 Å². The van der Waals surface area contributed by atoms with Crippen LogP contribution in [0.5, 0.6) is 0 Å². The highest BCUT2D eigenvalue weighted by Crippen LogP contribution is 2.37. The van der Waals surface area contributed by atoms with E-state index in [1.165, 1.54) is 11.3 Å². The van der Waals surface area contributed by atoms with Crippen molar-refractivity contribution in [2.75, 3.05) is 24.5 Å². The van der Waals surface area contributed by atoms with E-state index >= 15 is 0 Å². The Labute approximate surface area is 96.5 Å². The molecule has 0 saturated carbocycles. The van der Waals surface area contributed by atoms with Crippen molar-refractivity contribution in [1.29, 1.82) is 5.26 Å². The summed E-state index contributed by atoms with van der Waals surface area (Å²) < 4.78 is 0. The maximum absolute atomic E-state index is 8.65. The maximum atomic E-state index is 8.65. The molecule has 3 heteroatoms. The van der Waals surface area contributed by atoms with Gasteiger partial charge >= 0.3 is 0 Å². The molecule has 1 aromatic carbocycles. The average Bonchev–Trinajstić information content (AvgIpc) is 2.66. The van der Waals surface area contributed by atoms with Crippen LogP contribution in [0.4, 0.5) is 5.69 Å². The van der Waals surface area contributed by atoms with E-state index in [-0.39, 0.29) is 0 Å². The molecule has 0 radical (unpaired) electrons. The van der Waals surface area contributed by atoms with Gasteiger partial charge in [0.25, 0.3) is 0 Å². The average molecular weight is 215 g/mol. The maximum Gasteiger partial charge on any atom is 0.0640 e. The van der Waals surface area contributed by atoms with Gasteiger partial charge in [0.15, 0.2) is 0 Å². The first-order valence-corrected chi connectivity index (χ1v) is 5.77. The fourth-order valence-corrected chi connectivity index (χ4v) is 2.43. The van der Waals surface area contributed by atoms with Crippen LogP contribution in [-0.4, -0.2) is 19.6 Å². The topological polar surface area (TPSA) is 53.0 Å². The zero-order chi connectivity index (χ0) is 11.4. The van der Waals surface area contributed by atoms with E-state index in [9.17, 15) is 0 Å². The molecule has 1 aliphatic rings. The Balaban J connectivity index is 2.18. The smallest absolute Gasteiger partial charge is 0.0640 e. The van der Waals surface area contributed by atoms with Crippen molar-refractivity contribution < 1.29 is 0 Å². The molecular weight excluding hydrogens is 198 g/mol. The Morgan fingerprint density at radius 1 is 1.44 bits per heavy atom. The molecule has 1 unspecified atom stereocenters. The number of anilines is 1. The molecule has 0 spiro atoms. The van der Waals surface area contributed by atoms with Crippen molar-refractivity contribution in [3.05, 3.63) is 29.8 Å². The molecule has 0 saturated heterocycles. The Hall–Kier alpha value is -1.53. The third-order valence-electron chi connectivity index (χ3n) is 3.17. The minimum absolute atomic E-state index is 0.542. The molecule has 2 N–H and O–H groups in total. The molecule has 84 valence electrons. The zero-order valence-electron chi connectivity index (χ0n) is 9.39. The lowest BCUT2D eigenvalue weighted by molar-refractivity contribution is 0.646. The van der Waals surface area contributed by atoms with Gasteiger partial charge in [-0.1, -0.05) is 18.2 Å². The second-order valence-electron chi connectivity index (χ2n) is 4.19. The van der Waals surface area contributed by atoms with Gasteiger partial charge in [-0.3, -0.25) is 0 Å². The van der Waals surface area contributed by atoms with E-state index in [2.05, 4.69) is 35.2 Å². The van der Waals surface area contributed by atoms with Gasteiger partial charge in [0.2, 0.25) is 0 Å². The van der Waals surface area contributed by atoms with E-state index in [0.717, 1.165) is 26.1 Å². The first-order valence-electron chi connectivity index (χ1n) is 5.77. The number of benzene rings is 1. The van der Waals surface area contributed by atoms with Crippen molar-refractivity contribution in [1.82, 2.24) is 0 Å². The molecule has 3 nitrogen and oxygen atoms in total. The first-order chi connectivity index (χ1) is 7.86. The lowest BCUT2D eigenvalue weighted by Gasteiger charge is -2.17. The first kappa shape index (κ1) is 11.0. The van der Waals surface area contributed by atoms with Gasteiger partial charge in [-0.2, -0.15) is 5.26 Å². The van der Waals surface area contributed by atoms with Crippen molar-refractivity contribution >= 4 is 5.69 Å². The van der Waals surface area contributed by atoms with Gasteiger partial charge in [0.05, 0.1) is 12.5 Å². The van der Waals surface area contributed by atoms with Gasteiger partial charge in [-0.25, -0.2) is 0 Å². The normalized spacial score (nSPS) is 18.2. The van der Waals surface area contributed by atoms with Crippen LogP contribution in [0.1, 0.15) is 24.3 Å². The van der Waals surface area contributed by atoms with Crippen LogP contribution >= 0.6 is 0 Å². The summed E-state index contributed by atoms with van der Waals surface area (Å²) in [6, 6.07) is 10.7. The van der Waals surface area contributed by atoms with Gasteiger partial charge in [-0.15, -0.1) is 0 Å². The highest BCUT2D eigenvalue weighted by molar-refractivity contribution is 5.60. The molecule has 0 fully saturated rings. The van der Waals surface area contributed by atoms with Crippen molar-refractivity contribution in [2.24, 2.45) is 5.73 Å². The van der Waals surface area contributed by atoms with E-state index < -0.39 is 0 Å². The SMILES string of the molecule is N#CCCN1CC(CCN)c2ccccc21. The number of hydrogen-bond acceptors (Lipinski definition) is 3. The molecule has 2 rings (SSSR count). The molecular formula is C13H17N3. The van der Waals surface area contributed by atoms with Crippen LogP contribution in [0.25, 0.3) is 0 Å². The second-order valence-corrected chi connectivity index (χ2v) is 4.19. The van der Waals surface area contributed by atoms with Gasteiger partial charge < -0.3 is 10.6 Å². The third kappa shape index (κ3) is 2.02. The summed E-state index contributed by atoms with van der Waals surface area (Å²) in [4.78, 5) is 2.30. The minimum atomic E-state index is 0.542. The summed E-state index contributed by atoms with van der Waals surface area (Å²) in [5.74, 6) is 0.542. The van der Waals surface area contributed by atoms with Crippen molar-refractivity contribution in [2.45, 2.75) is 18.8 Å². The summed E-state index contributed by atoms with van der Waals surface area (Å²) in [6.07, 6.45) is 1.61. The predicted molar refractivity (Wildman–Crippen MR) is 65.3 cm³/mol. The Bertz CT molecular complexity index is 394. The molecule has 0 amide bonds. The lowest BCUT2D eigenvalue weighted by Crippen LogP contribution is -2.23. The van der Waals surface area contributed by atoms with E-state index in [1.54, 1.807) is 0 Å². The minimum Gasteiger partial charge on any atom is -0.370 e. The van der Waals surface area contributed by atoms with Crippen LogP contribution in [0.15, 0.2) is 24.3 Å². The number of fused-ring (bicyclic) bond motifs is 1. The van der Waals surface area contributed by atoms with E-state index in [0.29, 0.717) is 12.3 Å². The summed E-state index contributed by atoms with van der Waals surface area (Å²) in [7, 11) is 0. The molecule has 0 aromatic heterocycles. The van der Waals surface area contributed by atoms with Gasteiger partial charge in [0.1, 0.15) is 0 Å². The van der Waals surface area contributed by atoms with Crippen molar-refractivity contribution in [3.63, 3.8) is 0 Å². The Morgan fingerprint density at radius 3 is 3.00 bits per heavy atom. The molecule has 1 aliphatic heterocycles. The summed E-state index contributed by atoms with van der Waals surface area (Å²) in [6.45, 7) is 2.57. The zero-order valence-corrected chi connectivity index (χ0v) is 9.39. The number of nitriles is 1. The fourth-order valence-electron chi connectivity index (χ4n) is 2.43. The summed E-state index contributed by atoms with van der Waals surface area (Å²) in [5, 5.41) is 8.65. The number of para-hydroxylation sites is 1. The third-order valence-corrected chi connectivity index (χ3v) is 3.17. The van der Waals surface area contributed by atoms with E-state index in [4.69, 9.17) is 11.0 Å². The monoisotopic (exact) mass is 215 g/mol. The standard InChI is InChI=1S/C13H17N3/c14-7-3-9-16-10-11(6-8-15)12-4-1-2-5-13(12)16/h1-2,4-5,11H,3,6,8-10,15H2. The summed E-state index contributed by atoms with van der Waals surface area (Å²) in [5.41, 5.74) is 8.32. The molecule has 0 aliphatic carbocycles. The number of nitrogens with zero attached hydrogens (tertiary/aromatic N) is 2. The summed E-state index contributed by atoms with van der Waals surface area (Å²) >= 11 is 0. The molecule has 1 atom stereocenters. The van der Waals surface area contributed by atoms with Gasteiger partial charge in [0, 0.05) is 24.7 Å². The molecule has 1 heterocycles. The second kappa shape index (κ2) is 5.00. The van der Waals surface area contributed by atoms with Crippen molar-refractivity contribution in [3.8, 4) is 6.07 Å².